The second-order valence-electron chi connectivity index (χ2n) is 6.97. The van der Waals surface area contributed by atoms with Gasteiger partial charge in [-0.05, 0) is 36.1 Å². The summed E-state index contributed by atoms with van der Waals surface area (Å²) >= 11 is 1.46. The molecule has 1 heterocycles. The summed E-state index contributed by atoms with van der Waals surface area (Å²) in [7, 11) is 0. The number of hydrogen-bond acceptors (Lipinski definition) is 5. The van der Waals surface area contributed by atoms with Gasteiger partial charge in [0.2, 0.25) is 0 Å². The minimum absolute atomic E-state index is 0.144. The van der Waals surface area contributed by atoms with Gasteiger partial charge in [-0.1, -0.05) is 26.7 Å². The lowest BCUT2D eigenvalue weighted by atomic mass is 9.78. The Kier molecular flexibility index (Phi) is 8.09. The molecular weight excluding hydrogens is 352 g/mol. The van der Waals surface area contributed by atoms with E-state index < -0.39 is 5.97 Å². The van der Waals surface area contributed by atoms with Crippen LogP contribution in [-0.2, 0) is 14.3 Å². The van der Waals surface area contributed by atoms with Gasteiger partial charge in [0.15, 0.2) is 6.61 Å². The van der Waals surface area contributed by atoms with Crippen molar-refractivity contribution in [3.8, 4) is 0 Å². The SMILES string of the molecule is CC1CCCC(NC(=O)COC(=O)CCCNC(=O)c2ccsc2)C1C. The summed E-state index contributed by atoms with van der Waals surface area (Å²) in [4.78, 5) is 35.4. The van der Waals surface area contributed by atoms with Gasteiger partial charge in [0.05, 0.1) is 0 Å². The predicted molar refractivity (Wildman–Crippen MR) is 101 cm³/mol. The molecular formula is C19H28N2O4S. The van der Waals surface area contributed by atoms with E-state index in [0.29, 0.717) is 30.4 Å². The van der Waals surface area contributed by atoms with Crippen molar-refractivity contribution in [2.24, 2.45) is 11.8 Å². The Bertz CT molecular complexity index is 603. The lowest BCUT2D eigenvalue weighted by Crippen LogP contribution is -2.45. The smallest absolute Gasteiger partial charge is 0.306 e. The highest BCUT2D eigenvalue weighted by atomic mass is 32.1. The Morgan fingerprint density at radius 1 is 1.27 bits per heavy atom. The molecule has 26 heavy (non-hydrogen) atoms. The third-order valence-corrected chi connectivity index (χ3v) is 5.73. The van der Waals surface area contributed by atoms with Crippen LogP contribution in [0.3, 0.4) is 0 Å². The monoisotopic (exact) mass is 380 g/mol. The van der Waals surface area contributed by atoms with Gasteiger partial charge >= 0.3 is 5.97 Å². The van der Waals surface area contributed by atoms with Crippen LogP contribution < -0.4 is 10.6 Å². The minimum atomic E-state index is -0.421. The number of hydrogen-bond donors (Lipinski definition) is 2. The predicted octanol–water partition coefficient (Wildman–Crippen LogP) is 2.74. The van der Waals surface area contributed by atoms with Crippen LogP contribution in [0.15, 0.2) is 16.8 Å². The number of esters is 1. The summed E-state index contributed by atoms with van der Waals surface area (Å²) < 4.78 is 5.02. The van der Waals surface area contributed by atoms with Crippen LogP contribution >= 0.6 is 11.3 Å². The van der Waals surface area contributed by atoms with Crippen molar-refractivity contribution in [2.45, 2.75) is 52.0 Å². The molecule has 0 bridgehead atoms. The maximum absolute atomic E-state index is 12.0. The van der Waals surface area contributed by atoms with E-state index in [4.69, 9.17) is 4.74 Å². The van der Waals surface area contributed by atoms with Crippen molar-refractivity contribution in [1.82, 2.24) is 10.6 Å². The fraction of sp³-hybridized carbons (Fsp3) is 0.632. The second-order valence-corrected chi connectivity index (χ2v) is 7.75. The van der Waals surface area contributed by atoms with Crippen LogP contribution in [0.25, 0.3) is 0 Å². The molecule has 0 spiro atoms. The molecule has 144 valence electrons. The second kappa shape index (κ2) is 10.3. The molecule has 0 saturated heterocycles. The van der Waals surface area contributed by atoms with Crippen LogP contribution in [0.5, 0.6) is 0 Å². The van der Waals surface area contributed by atoms with Gasteiger partial charge in [0.25, 0.3) is 11.8 Å². The van der Waals surface area contributed by atoms with Crippen molar-refractivity contribution in [1.29, 1.82) is 0 Å². The zero-order valence-corrected chi connectivity index (χ0v) is 16.3. The lowest BCUT2D eigenvalue weighted by Gasteiger charge is -2.34. The van der Waals surface area contributed by atoms with Crippen molar-refractivity contribution >= 4 is 29.1 Å². The molecule has 2 rings (SSSR count). The van der Waals surface area contributed by atoms with E-state index in [1.807, 2.05) is 5.38 Å². The molecule has 1 saturated carbocycles. The van der Waals surface area contributed by atoms with Gasteiger partial charge in [0, 0.05) is 30.0 Å². The molecule has 0 aliphatic heterocycles. The quantitative estimate of drug-likeness (QED) is 0.536. The van der Waals surface area contributed by atoms with Crippen LogP contribution in [0.1, 0.15) is 56.3 Å². The number of ether oxygens (including phenoxy) is 1. The maximum atomic E-state index is 12.0. The van der Waals surface area contributed by atoms with Gasteiger partial charge in [-0.3, -0.25) is 14.4 Å². The van der Waals surface area contributed by atoms with Crippen molar-refractivity contribution < 1.29 is 19.1 Å². The van der Waals surface area contributed by atoms with Crippen molar-refractivity contribution in [2.75, 3.05) is 13.2 Å². The first-order valence-corrected chi connectivity index (χ1v) is 10.2. The topological polar surface area (TPSA) is 84.5 Å². The van der Waals surface area contributed by atoms with E-state index >= 15 is 0 Å². The molecule has 3 atom stereocenters. The van der Waals surface area contributed by atoms with Gasteiger partial charge in [0.1, 0.15) is 0 Å². The van der Waals surface area contributed by atoms with E-state index in [-0.39, 0.29) is 30.9 Å². The Balaban J connectivity index is 1.56. The van der Waals surface area contributed by atoms with Gasteiger partial charge in [-0.15, -0.1) is 0 Å². The molecule has 1 aromatic rings. The van der Waals surface area contributed by atoms with E-state index in [2.05, 4.69) is 24.5 Å². The Hall–Kier alpha value is -1.89. The molecule has 2 N–H and O–H groups in total. The van der Waals surface area contributed by atoms with Gasteiger partial charge in [-0.2, -0.15) is 11.3 Å². The lowest BCUT2D eigenvalue weighted by molar-refractivity contribution is -0.149. The first-order chi connectivity index (χ1) is 12.5. The largest absolute Gasteiger partial charge is 0.456 e. The van der Waals surface area contributed by atoms with Crippen LogP contribution in [-0.4, -0.2) is 37.0 Å². The molecule has 7 heteroatoms. The molecule has 2 amide bonds. The van der Waals surface area contributed by atoms with Crippen LogP contribution in [0.2, 0.25) is 0 Å². The number of thiophene rings is 1. The Labute approximate surface area is 158 Å². The van der Waals surface area contributed by atoms with Crippen LogP contribution in [0.4, 0.5) is 0 Å². The zero-order valence-electron chi connectivity index (χ0n) is 15.5. The molecule has 1 fully saturated rings. The molecule has 1 aliphatic rings. The highest BCUT2D eigenvalue weighted by Gasteiger charge is 2.28. The Morgan fingerprint density at radius 3 is 2.81 bits per heavy atom. The molecule has 1 aliphatic carbocycles. The highest BCUT2D eigenvalue weighted by Crippen LogP contribution is 2.29. The van der Waals surface area contributed by atoms with E-state index in [1.54, 1.807) is 11.4 Å². The average Bonchev–Trinajstić information content (AvgIpc) is 3.15. The first kappa shape index (κ1) is 20.4. The standard InChI is InChI=1S/C19H28N2O4S/c1-13-5-3-6-16(14(13)2)21-17(22)11-25-18(23)7-4-9-20-19(24)15-8-10-26-12-15/h8,10,12-14,16H,3-7,9,11H2,1-2H3,(H,20,24)(H,21,22). The number of nitrogens with one attached hydrogen (secondary N) is 2. The molecule has 6 nitrogen and oxygen atoms in total. The summed E-state index contributed by atoms with van der Waals surface area (Å²) in [5.41, 5.74) is 0.625. The fourth-order valence-electron chi connectivity index (χ4n) is 3.18. The third kappa shape index (κ3) is 6.44. The summed E-state index contributed by atoms with van der Waals surface area (Å²) in [6, 6.07) is 1.91. The number of amides is 2. The van der Waals surface area contributed by atoms with E-state index in [1.165, 1.54) is 17.8 Å². The Morgan fingerprint density at radius 2 is 2.08 bits per heavy atom. The average molecular weight is 381 g/mol. The number of rotatable bonds is 8. The summed E-state index contributed by atoms with van der Waals surface area (Å²) in [6.45, 7) is 4.52. The van der Waals surface area contributed by atoms with E-state index in [0.717, 1.165) is 12.8 Å². The first-order valence-electron chi connectivity index (χ1n) is 9.22. The van der Waals surface area contributed by atoms with Crippen molar-refractivity contribution in [3.63, 3.8) is 0 Å². The summed E-state index contributed by atoms with van der Waals surface area (Å²) in [6.07, 6.45) is 3.95. The molecule has 0 radical (unpaired) electrons. The maximum Gasteiger partial charge on any atom is 0.306 e. The zero-order chi connectivity index (χ0) is 18.9. The fourth-order valence-corrected chi connectivity index (χ4v) is 3.82. The summed E-state index contributed by atoms with van der Waals surface area (Å²) in [5, 5.41) is 9.34. The number of carbonyl (C=O) groups excluding carboxylic acids is 3. The number of carbonyl (C=O) groups is 3. The molecule has 3 unspecified atom stereocenters. The van der Waals surface area contributed by atoms with Gasteiger partial charge < -0.3 is 15.4 Å². The molecule has 0 aromatic carbocycles. The normalized spacial score (nSPS) is 22.5. The van der Waals surface area contributed by atoms with E-state index in [9.17, 15) is 14.4 Å². The van der Waals surface area contributed by atoms with Crippen molar-refractivity contribution in [3.05, 3.63) is 22.4 Å². The third-order valence-electron chi connectivity index (χ3n) is 5.04. The molecule has 1 aromatic heterocycles. The van der Waals surface area contributed by atoms with Gasteiger partial charge in [-0.25, -0.2) is 0 Å². The highest BCUT2D eigenvalue weighted by molar-refractivity contribution is 7.08. The minimum Gasteiger partial charge on any atom is -0.456 e. The summed E-state index contributed by atoms with van der Waals surface area (Å²) in [5.74, 6) is 0.232. The van der Waals surface area contributed by atoms with Crippen LogP contribution in [0, 0.1) is 11.8 Å².